The second-order valence-corrected chi connectivity index (χ2v) is 5.29. The van der Waals surface area contributed by atoms with Crippen LogP contribution in [0.25, 0.3) is 0 Å². The summed E-state index contributed by atoms with van der Waals surface area (Å²) in [5.74, 6) is 0. The lowest BCUT2D eigenvalue weighted by molar-refractivity contribution is 0.210. The molecule has 0 radical (unpaired) electrons. The van der Waals surface area contributed by atoms with Gasteiger partial charge >= 0.3 is 0 Å². The van der Waals surface area contributed by atoms with Gasteiger partial charge in [0.15, 0.2) is 0 Å². The summed E-state index contributed by atoms with van der Waals surface area (Å²) < 4.78 is 1.96. The van der Waals surface area contributed by atoms with Crippen molar-refractivity contribution in [1.82, 2.24) is 9.78 Å². The Balaban J connectivity index is 2.36. The minimum Gasteiger partial charge on any atom is -0.321 e. The first kappa shape index (κ1) is 10.7. The van der Waals surface area contributed by atoms with E-state index < -0.39 is 0 Å². The van der Waals surface area contributed by atoms with Crippen LogP contribution in [-0.4, -0.2) is 9.78 Å². The molecule has 0 aromatic carbocycles. The fourth-order valence-corrected chi connectivity index (χ4v) is 2.67. The molecule has 1 atom stereocenters. The molecule has 3 nitrogen and oxygen atoms in total. The van der Waals surface area contributed by atoms with E-state index in [1.807, 2.05) is 10.9 Å². The first-order chi connectivity index (χ1) is 6.99. The van der Waals surface area contributed by atoms with E-state index in [1.54, 1.807) is 0 Å². The van der Waals surface area contributed by atoms with Crippen molar-refractivity contribution in [2.75, 3.05) is 0 Å². The highest BCUT2D eigenvalue weighted by molar-refractivity contribution is 5.23. The van der Waals surface area contributed by atoms with Gasteiger partial charge in [-0.2, -0.15) is 5.10 Å². The average molecular weight is 207 g/mol. The van der Waals surface area contributed by atoms with Crippen molar-refractivity contribution in [2.45, 2.75) is 52.1 Å². The molecule has 1 aliphatic carbocycles. The van der Waals surface area contributed by atoms with E-state index in [2.05, 4.69) is 32.1 Å². The molecule has 1 aromatic heterocycles. The SMILES string of the molecule is CCn1cc(C2(N)CCCC2(C)C)cn1. The number of aromatic nitrogens is 2. The lowest BCUT2D eigenvalue weighted by Crippen LogP contribution is -2.45. The number of hydrogen-bond acceptors (Lipinski definition) is 2. The molecule has 0 bridgehead atoms. The van der Waals surface area contributed by atoms with Crippen LogP contribution in [0.15, 0.2) is 12.4 Å². The van der Waals surface area contributed by atoms with E-state index in [9.17, 15) is 0 Å². The summed E-state index contributed by atoms with van der Waals surface area (Å²) in [6, 6.07) is 0. The number of aryl methyl sites for hydroxylation is 1. The van der Waals surface area contributed by atoms with Gasteiger partial charge < -0.3 is 5.73 Å². The van der Waals surface area contributed by atoms with Crippen LogP contribution in [0.3, 0.4) is 0 Å². The van der Waals surface area contributed by atoms with E-state index in [1.165, 1.54) is 18.4 Å². The van der Waals surface area contributed by atoms with Gasteiger partial charge in [0, 0.05) is 23.8 Å². The van der Waals surface area contributed by atoms with Gasteiger partial charge in [0.1, 0.15) is 0 Å². The Labute approximate surface area is 91.7 Å². The summed E-state index contributed by atoms with van der Waals surface area (Å²) >= 11 is 0. The van der Waals surface area contributed by atoms with Crippen molar-refractivity contribution in [1.29, 1.82) is 0 Å². The van der Waals surface area contributed by atoms with E-state index in [-0.39, 0.29) is 11.0 Å². The molecule has 0 saturated heterocycles. The molecule has 2 N–H and O–H groups in total. The minimum atomic E-state index is -0.180. The van der Waals surface area contributed by atoms with Crippen LogP contribution in [0, 0.1) is 5.41 Å². The zero-order valence-electron chi connectivity index (χ0n) is 9.95. The predicted molar refractivity (Wildman–Crippen MR) is 61.4 cm³/mol. The second kappa shape index (κ2) is 3.34. The standard InChI is InChI=1S/C12H21N3/c1-4-15-9-10(8-14-15)12(13)7-5-6-11(12,2)3/h8-9H,4-7,13H2,1-3H3. The van der Waals surface area contributed by atoms with E-state index >= 15 is 0 Å². The van der Waals surface area contributed by atoms with Crippen LogP contribution >= 0.6 is 0 Å². The van der Waals surface area contributed by atoms with Crippen LogP contribution in [-0.2, 0) is 12.1 Å². The normalized spacial score (nSPS) is 29.6. The summed E-state index contributed by atoms with van der Waals surface area (Å²) in [6.45, 7) is 7.54. The maximum atomic E-state index is 6.57. The van der Waals surface area contributed by atoms with Crippen molar-refractivity contribution >= 4 is 0 Å². The Morgan fingerprint density at radius 3 is 2.67 bits per heavy atom. The molecule has 3 heteroatoms. The van der Waals surface area contributed by atoms with Crippen LogP contribution < -0.4 is 5.73 Å². The van der Waals surface area contributed by atoms with Gasteiger partial charge in [0.05, 0.1) is 6.20 Å². The van der Waals surface area contributed by atoms with Crippen molar-refractivity contribution in [2.24, 2.45) is 11.1 Å². The summed E-state index contributed by atoms with van der Waals surface area (Å²) in [5.41, 5.74) is 7.78. The summed E-state index contributed by atoms with van der Waals surface area (Å²) in [5, 5.41) is 4.33. The number of nitrogens with two attached hydrogens (primary N) is 1. The first-order valence-electron chi connectivity index (χ1n) is 5.81. The molecule has 0 aliphatic heterocycles. The second-order valence-electron chi connectivity index (χ2n) is 5.29. The zero-order valence-corrected chi connectivity index (χ0v) is 9.95. The maximum Gasteiger partial charge on any atom is 0.0540 e. The highest BCUT2D eigenvalue weighted by atomic mass is 15.3. The van der Waals surface area contributed by atoms with E-state index in [0.717, 1.165) is 13.0 Å². The highest BCUT2D eigenvalue weighted by Crippen LogP contribution is 2.50. The minimum absolute atomic E-state index is 0.180. The fourth-order valence-electron chi connectivity index (χ4n) is 2.67. The van der Waals surface area contributed by atoms with Crippen molar-refractivity contribution in [3.63, 3.8) is 0 Å². The predicted octanol–water partition coefficient (Wildman–Crippen LogP) is 2.27. The lowest BCUT2D eigenvalue weighted by atomic mass is 9.72. The van der Waals surface area contributed by atoms with Gasteiger partial charge in [-0.05, 0) is 25.2 Å². The summed E-state index contributed by atoms with van der Waals surface area (Å²) in [6.07, 6.45) is 7.56. The molecule has 1 fully saturated rings. The Hall–Kier alpha value is -0.830. The van der Waals surface area contributed by atoms with Gasteiger partial charge in [-0.15, -0.1) is 0 Å². The fraction of sp³-hybridized carbons (Fsp3) is 0.750. The third-order valence-electron chi connectivity index (χ3n) is 4.05. The third-order valence-corrected chi connectivity index (χ3v) is 4.05. The smallest absolute Gasteiger partial charge is 0.0540 e. The molecule has 1 saturated carbocycles. The van der Waals surface area contributed by atoms with Gasteiger partial charge in [0.2, 0.25) is 0 Å². The number of rotatable bonds is 2. The lowest BCUT2D eigenvalue weighted by Gasteiger charge is -2.37. The molecular formula is C12H21N3. The first-order valence-corrected chi connectivity index (χ1v) is 5.81. The molecule has 1 aliphatic rings. The molecule has 1 aromatic rings. The molecule has 84 valence electrons. The molecule has 15 heavy (non-hydrogen) atoms. The maximum absolute atomic E-state index is 6.57. The van der Waals surface area contributed by atoms with Crippen LogP contribution in [0.2, 0.25) is 0 Å². The van der Waals surface area contributed by atoms with Crippen molar-refractivity contribution in [3.8, 4) is 0 Å². The Bertz CT molecular complexity index is 354. The number of nitrogens with zero attached hydrogens (tertiary/aromatic N) is 2. The zero-order chi connectivity index (χ0) is 11.1. The molecule has 1 unspecified atom stereocenters. The van der Waals surface area contributed by atoms with E-state index in [0.29, 0.717) is 0 Å². The summed E-state index contributed by atoms with van der Waals surface area (Å²) in [4.78, 5) is 0. The van der Waals surface area contributed by atoms with Crippen LogP contribution in [0.4, 0.5) is 0 Å². The van der Waals surface area contributed by atoms with Gasteiger partial charge in [0.25, 0.3) is 0 Å². The third kappa shape index (κ3) is 1.49. The topological polar surface area (TPSA) is 43.8 Å². The molecule has 1 heterocycles. The average Bonchev–Trinajstić information content (AvgIpc) is 2.73. The molecular weight excluding hydrogens is 186 g/mol. The molecule has 0 amide bonds. The Kier molecular flexibility index (Phi) is 2.38. The van der Waals surface area contributed by atoms with Gasteiger partial charge in [-0.25, -0.2) is 0 Å². The Morgan fingerprint density at radius 2 is 2.20 bits per heavy atom. The van der Waals surface area contributed by atoms with Gasteiger partial charge in [-0.3, -0.25) is 4.68 Å². The quantitative estimate of drug-likeness (QED) is 0.808. The molecule has 2 rings (SSSR count). The monoisotopic (exact) mass is 207 g/mol. The summed E-state index contributed by atoms with van der Waals surface area (Å²) in [7, 11) is 0. The highest BCUT2D eigenvalue weighted by Gasteiger charge is 2.47. The van der Waals surface area contributed by atoms with E-state index in [4.69, 9.17) is 5.73 Å². The van der Waals surface area contributed by atoms with Crippen molar-refractivity contribution < 1.29 is 0 Å². The number of hydrogen-bond donors (Lipinski definition) is 1. The Morgan fingerprint density at radius 1 is 1.47 bits per heavy atom. The van der Waals surface area contributed by atoms with Crippen molar-refractivity contribution in [3.05, 3.63) is 18.0 Å². The largest absolute Gasteiger partial charge is 0.321 e. The van der Waals surface area contributed by atoms with Crippen LogP contribution in [0.5, 0.6) is 0 Å². The van der Waals surface area contributed by atoms with Gasteiger partial charge in [-0.1, -0.05) is 20.3 Å². The molecule has 0 spiro atoms. The van der Waals surface area contributed by atoms with Crippen LogP contribution in [0.1, 0.15) is 45.6 Å².